The van der Waals surface area contributed by atoms with E-state index in [1.165, 1.54) is 0 Å². The Morgan fingerprint density at radius 1 is 1.00 bits per heavy atom. The molecular formula is C17H26N2O2. The first-order valence-electron chi connectivity index (χ1n) is 7.79. The molecule has 0 saturated heterocycles. The highest BCUT2D eigenvalue weighted by molar-refractivity contribution is 6.05. The predicted octanol–water partition coefficient (Wildman–Crippen LogP) is 2.85. The number of hydrogen-bond acceptors (Lipinski definition) is 3. The number of amides is 2. The number of carbonyl (C=O) groups is 2. The zero-order chi connectivity index (χ0) is 15.5. The van der Waals surface area contributed by atoms with Crippen LogP contribution in [0.15, 0.2) is 30.3 Å². The normalized spacial score (nSPS) is 10.6. The van der Waals surface area contributed by atoms with Crippen molar-refractivity contribution in [2.75, 3.05) is 19.6 Å². The molecule has 0 spiro atoms. The van der Waals surface area contributed by atoms with Crippen LogP contribution in [0, 0.1) is 0 Å². The second-order valence-corrected chi connectivity index (χ2v) is 5.23. The maximum absolute atomic E-state index is 12.0. The van der Waals surface area contributed by atoms with Crippen molar-refractivity contribution >= 4 is 11.8 Å². The first-order valence-corrected chi connectivity index (χ1v) is 7.79. The van der Waals surface area contributed by atoms with Gasteiger partial charge in [-0.2, -0.15) is 0 Å². The van der Waals surface area contributed by atoms with Crippen LogP contribution in [-0.4, -0.2) is 36.3 Å². The summed E-state index contributed by atoms with van der Waals surface area (Å²) >= 11 is 0. The average molecular weight is 290 g/mol. The molecule has 0 aromatic heterocycles. The summed E-state index contributed by atoms with van der Waals surface area (Å²) in [5.74, 6) is -0.553. The molecule has 0 aliphatic rings. The van der Waals surface area contributed by atoms with E-state index >= 15 is 0 Å². The lowest BCUT2D eigenvalue weighted by molar-refractivity contribution is -0.121. The smallest absolute Gasteiger partial charge is 0.257 e. The van der Waals surface area contributed by atoms with Gasteiger partial charge in [0, 0.05) is 5.56 Å². The third-order valence-corrected chi connectivity index (χ3v) is 3.31. The molecule has 4 heteroatoms. The van der Waals surface area contributed by atoms with Crippen molar-refractivity contribution in [3.8, 4) is 0 Å². The van der Waals surface area contributed by atoms with Crippen LogP contribution in [0.2, 0.25) is 0 Å². The van der Waals surface area contributed by atoms with Crippen molar-refractivity contribution < 1.29 is 9.59 Å². The van der Waals surface area contributed by atoms with E-state index in [1.54, 1.807) is 24.3 Å². The Kier molecular flexibility index (Phi) is 8.36. The van der Waals surface area contributed by atoms with E-state index in [9.17, 15) is 9.59 Å². The molecule has 4 nitrogen and oxygen atoms in total. The highest BCUT2D eigenvalue weighted by atomic mass is 16.2. The molecule has 1 rings (SSSR count). The van der Waals surface area contributed by atoms with Gasteiger partial charge in [0.1, 0.15) is 0 Å². The summed E-state index contributed by atoms with van der Waals surface area (Å²) in [6, 6.07) is 8.82. The maximum atomic E-state index is 12.0. The van der Waals surface area contributed by atoms with Gasteiger partial charge in [-0.15, -0.1) is 0 Å². The minimum atomic E-state index is -0.327. The van der Waals surface area contributed by atoms with Crippen LogP contribution in [-0.2, 0) is 4.79 Å². The summed E-state index contributed by atoms with van der Waals surface area (Å²) in [7, 11) is 0. The zero-order valence-electron chi connectivity index (χ0n) is 13.1. The Bertz CT molecular complexity index is 424. The molecular weight excluding hydrogens is 264 g/mol. The van der Waals surface area contributed by atoms with Crippen molar-refractivity contribution in [2.24, 2.45) is 0 Å². The molecule has 1 N–H and O–H groups in total. The second kappa shape index (κ2) is 10.1. The molecule has 2 amide bonds. The topological polar surface area (TPSA) is 49.4 Å². The summed E-state index contributed by atoms with van der Waals surface area (Å²) < 4.78 is 0. The van der Waals surface area contributed by atoms with Crippen molar-refractivity contribution in [3.05, 3.63) is 35.9 Å². The van der Waals surface area contributed by atoms with E-state index in [-0.39, 0.29) is 11.8 Å². The third-order valence-electron chi connectivity index (χ3n) is 3.31. The van der Waals surface area contributed by atoms with E-state index < -0.39 is 0 Å². The summed E-state index contributed by atoms with van der Waals surface area (Å²) in [6.45, 7) is 6.37. The Morgan fingerprint density at radius 3 is 2.10 bits per heavy atom. The van der Waals surface area contributed by atoms with Crippen LogP contribution in [0.25, 0.3) is 0 Å². The number of benzene rings is 1. The van der Waals surface area contributed by atoms with Gasteiger partial charge in [0.05, 0.1) is 6.54 Å². The van der Waals surface area contributed by atoms with Crippen molar-refractivity contribution in [1.29, 1.82) is 0 Å². The molecule has 0 atom stereocenters. The lowest BCUT2D eigenvalue weighted by atomic mass is 10.2. The van der Waals surface area contributed by atoms with Gasteiger partial charge in [0.25, 0.3) is 5.91 Å². The first kappa shape index (κ1) is 17.4. The van der Waals surface area contributed by atoms with Gasteiger partial charge in [0.15, 0.2) is 0 Å². The van der Waals surface area contributed by atoms with Gasteiger partial charge in [-0.1, -0.05) is 44.9 Å². The van der Waals surface area contributed by atoms with E-state index in [4.69, 9.17) is 0 Å². The van der Waals surface area contributed by atoms with Crippen LogP contribution in [0.4, 0.5) is 0 Å². The fraction of sp³-hybridized carbons (Fsp3) is 0.529. The van der Waals surface area contributed by atoms with Gasteiger partial charge in [-0.05, 0) is 38.1 Å². The standard InChI is InChI=1S/C17H26N2O2/c1-3-5-12-19(13-6-4-2)14-16(20)18-17(21)15-10-8-7-9-11-15/h7-11H,3-6,12-14H2,1-2H3,(H,18,20,21). The number of imide groups is 1. The van der Waals surface area contributed by atoms with Gasteiger partial charge >= 0.3 is 0 Å². The molecule has 1 aromatic carbocycles. The maximum Gasteiger partial charge on any atom is 0.257 e. The van der Waals surface area contributed by atoms with Crippen molar-refractivity contribution in [2.45, 2.75) is 39.5 Å². The lowest BCUT2D eigenvalue weighted by Gasteiger charge is -2.21. The molecule has 0 aliphatic heterocycles. The Labute approximate surface area is 127 Å². The summed E-state index contributed by atoms with van der Waals surface area (Å²) in [5, 5.41) is 2.46. The van der Waals surface area contributed by atoms with E-state index in [0.29, 0.717) is 12.1 Å². The second-order valence-electron chi connectivity index (χ2n) is 5.23. The van der Waals surface area contributed by atoms with Gasteiger partial charge in [-0.3, -0.25) is 19.8 Å². The van der Waals surface area contributed by atoms with E-state index in [1.807, 2.05) is 6.07 Å². The van der Waals surface area contributed by atoms with Crippen molar-refractivity contribution in [3.63, 3.8) is 0 Å². The molecule has 0 heterocycles. The van der Waals surface area contributed by atoms with E-state index in [2.05, 4.69) is 24.1 Å². The Morgan fingerprint density at radius 2 is 1.57 bits per heavy atom. The molecule has 21 heavy (non-hydrogen) atoms. The number of carbonyl (C=O) groups excluding carboxylic acids is 2. The molecule has 0 fully saturated rings. The van der Waals surface area contributed by atoms with Crippen LogP contribution < -0.4 is 5.32 Å². The molecule has 0 unspecified atom stereocenters. The number of unbranched alkanes of at least 4 members (excludes halogenated alkanes) is 2. The SMILES string of the molecule is CCCCN(CCCC)CC(=O)NC(=O)c1ccccc1. The van der Waals surface area contributed by atoms with Crippen LogP contribution in [0.5, 0.6) is 0 Å². The molecule has 0 bridgehead atoms. The quantitative estimate of drug-likeness (QED) is 0.761. The van der Waals surface area contributed by atoms with Crippen LogP contribution in [0.3, 0.4) is 0 Å². The number of nitrogens with zero attached hydrogens (tertiary/aromatic N) is 1. The van der Waals surface area contributed by atoms with Gasteiger partial charge < -0.3 is 0 Å². The van der Waals surface area contributed by atoms with Gasteiger partial charge in [0.2, 0.25) is 5.91 Å². The third kappa shape index (κ3) is 7.04. The minimum Gasteiger partial charge on any atom is -0.295 e. The van der Waals surface area contributed by atoms with Gasteiger partial charge in [-0.25, -0.2) is 0 Å². The van der Waals surface area contributed by atoms with E-state index in [0.717, 1.165) is 38.8 Å². The number of nitrogens with one attached hydrogen (secondary N) is 1. The Hall–Kier alpha value is -1.68. The summed E-state index contributed by atoms with van der Waals surface area (Å²) in [5.41, 5.74) is 0.513. The lowest BCUT2D eigenvalue weighted by Crippen LogP contribution is -2.40. The fourth-order valence-corrected chi connectivity index (χ4v) is 2.06. The molecule has 1 aromatic rings. The van der Waals surface area contributed by atoms with Crippen LogP contribution in [0.1, 0.15) is 49.9 Å². The molecule has 0 radical (unpaired) electrons. The highest BCUT2D eigenvalue weighted by Crippen LogP contribution is 2.00. The highest BCUT2D eigenvalue weighted by Gasteiger charge is 2.13. The summed E-state index contributed by atoms with van der Waals surface area (Å²) in [6.07, 6.45) is 4.35. The average Bonchev–Trinajstić information content (AvgIpc) is 2.50. The first-order chi connectivity index (χ1) is 10.2. The predicted molar refractivity (Wildman–Crippen MR) is 85.2 cm³/mol. The fourth-order valence-electron chi connectivity index (χ4n) is 2.06. The Balaban J connectivity index is 2.46. The minimum absolute atomic E-state index is 0.226. The molecule has 116 valence electrons. The zero-order valence-corrected chi connectivity index (χ0v) is 13.1. The molecule has 0 aliphatic carbocycles. The van der Waals surface area contributed by atoms with Crippen molar-refractivity contribution in [1.82, 2.24) is 10.2 Å². The number of rotatable bonds is 9. The molecule has 0 saturated carbocycles. The number of hydrogen-bond donors (Lipinski definition) is 1. The monoisotopic (exact) mass is 290 g/mol. The largest absolute Gasteiger partial charge is 0.295 e. The summed E-state index contributed by atoms with van der Waals surface area (Å²) in [4.78, 5) is 26.0. The van der Waals surface area contributed by atoms with Crippen LogP contribution >= 0.6 is 0 Å².